The predicted octanol–water partition coefficient (Wildman–Crippen LogP) is 3.10. The predicted molar refractivity (Wildman–Crippen MR) is 83.6 cm³/mol. The molecule has 3 heteroatoms. The van der Waals surface area contributed by atoms with Crippen LogP contribution in [0.15, 0.2) is 0 Å². The summed E-state index contributed by atoms with van der Waals surface area (Å²) < 4.78 is 0. The van der Waals surface area contributed by atoms with Gasteiger partial charge in [0.15, 0.2) is 0 Å². The van der Waals surface area contributed by atoms with Crippen LogP contribution in [0.5, 0.6) is 0 Å². The normalized spacial score (nSPS) is 34.7. The summed E-state index contributed by atoms with van der Waals surface area (Å²) in [6, 6.07) is 0.388. The van der Waals surface area contributed by atoms with E-state index in [1.165, 1.54) is 44.9 Å². The van der Waals surface area contributed by atoms with E-state index in [0.29, 0.717) is 18.4 Å². The second-order valence-corrected chi connectivity index (χ2v) is 6.98. The van der Waals surface area contributed by atoms with Crippen LogP contribution in [0.4, 0.5) is 0 Å². The van der Waals surface area contributed by atoms with Gasteiger partial charge in [-0.1, -0.05) is 33.1 Å². The van der Waals surface area contributed by atoms with E-state index in [1.54, 1.807) is 0 Å². The van der Waals surface area contributed by atoms with E-state index in [2.05, 4.69) is 24.5 Å². The van der Waals surface area contributed by atoms with Crippen LogP contribution in [0.1, 0.15) is 65.2 Å². The molecule has 0 aromatic rings. The maximum atomic E-state index is 12.1. The lowest BCUT2D eigenvalue weighted by molar-refractivity contribution is -0.122. The van der Waals surface area contributed by atoms with Crippen molar-refractivity contribution in [3.8, 4) is 0 Å². The topological polar surface area (TPSA) is 41.1 Å². The zero-order chi connectivity index (χ0) is 14.4. The van der Waals surface area contributed by atoms with Crippen molar-refractivity contribution in [3.05, 3.63) is 0 Å². The number of hydrogen-bond donors (Lipinski definition) is 2. The van der Waals surface area contributed by atoms with Crippen molar-refractivity contribution < 1.29 is 4.79 Å². The molecule has 1 aliphatic heterocycles. The van der Waals surface area contributed by atoms with Gasteiger partial charge in [-0.2, -0.15) is 0 Å². The van der Waals surface area contributed by atoms with Crippen molar-refractivity contribution in [3.63, 3.8) is 0 Å². The Bertz CT molecular complexity index is 297. The van der Waals surface area contributed by atoms with Crippen LogP contribution in [-0.2, 0) is 4.79 Å². The van der Waals surface area contributed by atoms with Crippen LogP contribution in [0, 0.1) is 17.8 Å². The highest BCUT2D eigenvalue weighted by molar-refractivity contribution is 5.76. The minimum Gasteiger partial charge on any atom is -0.356 e. The minimum absolute atomic E-state index is 0.244. The first-order valence-electron chi connectivity index (χ1n) is 8.69. The van der Waals surface area contributed by atoms with Gasteiger partial charge in [0, 0.05) is 19.0 Å². The van der Waals surface area contributed by atoms with Crippen LogP contribution < -0.4 is 10.6 Å². The lowest BCUT2D eigenvalue weighted by Crippen LogP contribution is -2.44. The smallest absolute Gasteiger partial charge is 0.221 e. The monoisotopic (exact) mass is 280 g/mol. The molecule has 1 saturated heterocycles. The molecular formula is C17H32N2O. The molecule has 0 spiro atoms. The lowest BCUT2D eigenvalue weighted by Gasteiger charge is -2.30. The van der Waals surface area contributed by atoms with Crippen LogP contribution in [-0.4, -0.2) is 25.0 Å². The largest absolute Gasteiger partial charge is 0.356 e. The average Bonchev–Trinajstić information content (AvgIpc) is 2.48. The fraction of sp³-hybridized carbons (Fsp3) is 0.941. The standard InChI is InChI=1S/C17H32N2O/c1-3-14-6-8-15(9-7-14)12-19-17(20)11-16-13(2)5-4-10-18-16/h13-16,18H,3-12H2,1-2H3,(H,19,20). The van der Waals surface area contributed by atoms with Gasteiger partial charge in [0.25, 0.3) is 0 Å². The molecule has 0 radical (unpaired) electrons. The molecule has 2 N–H and O–H groups in total. The summed E-state index contributed by atoms with van der Waals surface area (Å²) in [4.78, 5) is 12.1. The fourth-order valence-electron chi connectivity index (χ4n) is 3.76. The summed E-state index contributed by atoms with van der Waals surface area (Å²) in [6.45, 7) is 6.53. The summed E-state index contributed by atoms with van der Waals surface area (Å²) in [5, 5.41) is 6.66. The Morgan fingerprint density at radius 1 is 1.15 bits per heavy atom. The molecule has 2 fully saturated rings. The molecule has 2 atom stereocenters. The van der Waals surface area contributed by atoms with E-state index in [9.17, 15) is 4.79 Å². The van der Waals surface area contributed by atoms with Gasteiger partial charge in [-0.05, 0) is 50.0 Å². The minimum atomic E-state index is 0.244. The molecule has 0 bridgehead atoms. The summed E-state index contributed by atoms with van der Waals surface area (Å²) in [5.74, 6) is 2.54. The maximum absolute atomic E-state index is 12.1. The van der Waals surface area contributed by atoms with Gasteiger partial charge in [-0.3, -0.25) is 4.79 Å². The summed E-state index contributed by atoms with van der Waals surface area (Å²) in [5.41, 5.74) is 0. The van der Waals surface area contributed by atoms with Gasteiger partial charge >= 0.3 is 0 Å². The molecule has 0 aromatic carbocycles. The number of amides is 1. The molecule has 20 heavy (non-hydrogen) atoms. The second-order valence-electron chi connectivity index (χ2n) is 6.98. The molecule has 2 unspecified atom stereocenters. The number of carbonyl (C=O) groups excluding carboxylic acids is 1. The highest BCUT2D eigenvalue weighted by atomic mass is 16.1. The highest BCUT2D eigenvalue weighted by Gasteiger charge is 2.24. The summed E-state index contributed by atoms with van der Waals surface area (Å²) in [6.07, 6.45) is 9.81. The first-order chi connectivity index (χ1) is 9.69. The highest BCUT2D eigenvalue weighted by Crippen LogP contribution is 2.30. The van der Waals surface area contributed by atoms with Gasteiger partial charge in [-0.15, -0.1) is 0 Å². The Balaban J connectivity index is 1.62. The second kappa shape index (κ2) is 8.02. The van der Waals surface area contributed by atoms with Gasteiger partial charge in [0.1, 0.15) is 0 Å². The van der Waals surface area contributed by atoms with E-state index < -0.39 is 0 Å². The first kappa shape index (κ1) is 15.8. The summed E-state index contributed by atoms with van der Waals surface area (Å²) >= 11 is 0. The van der Waals surface area contributed by atoms with Gasteiger partial charge < -0.3 is 10.6 Å². The Hall–Kier alpha value is -0.570. The van der Waals surface area contributed by atoms with Crippen molar-refractivity contribution in [1.29, 1.82) is 0 Å². The molecule has 2 aliphatic rings. The molecule has 0 aromatic heterocycles. The molecular weight excluding hydrogens is 248 g/mol. The third-order valence-corrected chi connectivity index (χ3v) is 5.47. The van der Waals surface area contributed by atoms with E-state index in [4.69, 9.17) is 0 Å². The molecule has 1 aliphatic carbocycles. The Labute approximate surface area is 124 Å². The van der Waals surface area contributed by atoms with E-state index in [1.807, 2.05) is 0 Å². The Morgan fingerprint density at radius 3 is 2.50 bits per heavy atom. The van der Waals surface area contributed by atoms with Crippen molar-refractivity contribution in [1.82, 2.24) is 10.6 Å². The van der Waals surface area contributed by atoms with E-state index >= 15 is 0 Å². The van der Waals surface area contributed by atoms with Crippen molar-refractivity contribution in [2.75, 3.05) is 13.1 Å². The Kier molecular flexibility index (Phi) is 6.34. The van der Waals surface area contributed by atoms with Gasteiger partial charge in [0.2, 0.25) is 5.91 Å². The van der Waals surface area contributed by atoms with Crippen molar-refractivity contribution in [2.45, 2.75) is 71.3 Å². The van der Waals surface area contributed by atoms with E-state index in [0.717, 1.165) is 24.9 Å². The van der Waals surface area contributed by atoms with Crippen LogP contribution >= 0.6 is 0 Å². The third-order valence-electron chi connectivity index (χ3n) is 5.47. The van der Waals surface area contributed by atoms with E-state index in [-0.39, 0.29) is 5.91 Å². The molecule has 3 nitrogen and oxygen atoms in total. The fourth-order valence-corrected chi connectivity index (χ4v) is 3.76. The summed E-state index contributed by atoms with van der Waals surface area (Å²) in [7, 11) is 0. The third kappa shape index (κ3) is 4.76. The number of nitrogens with one attached hydrogen (secondary N) is 2. The maximum Gasteiger partial charge on any atom is 0.221 e. The average molecular weight is 280 g/mol. The van der Waals surface area contributed by atoms with Gasteiger partial charge in [-0.25, -0.2) is 0 Å². The Morgan fingerprint density at radius 2 is 1.85 bits per heavy atom. The van der Waals surface area contributed by atoms with Crippen LogP contribution in [0.2, 0.25) is 0 Å². The zero-order valence-corrected chi connectivity index (χ0v) is 13.3. The lowest BCUT2D eigenvalue weighted by atomic mass is 9.81. The zero-order valence-electron chi connectivity index (χ0n) is 13.3. The van der Waals surface area contributed by atoms with Crippen molar-refractivity contribution in [2.24, 2.45) is 17.8 Å². The number of hydrogen-bond acceptors (Lipinski definition) is 2. The molecule has 116 valence electrons. The molecule has 1 amide bonds. The molecule has 1 heterocycles. The first-order valence-corrected chi connectivity index (χ1v) is 8.69. The number of carbonyl (C=O) groups is 1. The SMILES string of the molecule is CCC1CCC(CNC(=O)CC2NCCCC2C)CC1. The number of rotatable bonds is 5. The number of piperidine rings is 1. The quantitative estimate of drug-likeness (QED) is 0.812. The van der Waals surface area contributed by atoms with Gasteiger partial charge in [0.05, 0.1) is 0 Å². The van der Waals surface area contributed by atoms with Crippen LogP contribution in [0.3, 0.4) is 0 Å². The molecule has 2 rings (SSSR count). The van der Waals surface area contributed by atoms with Crippen molar-refractivity contribution >= 4 is 5.91 Å². The molecule has 1 saturated carbocycles. The van der Waals surface area contributed by atoms with Crippen LogP contribution in [0.25, 0.3) is 0 Å².